The summed E-state index contributed by atoms with van der Waals surface area (Å²) < 4.78 is 0. The van der Waals surface area contributed by atoms with E-state index >= 15 is 0 Å². The Balaban J connectivity index is 1.68. The maximum absolute atomic E-state index is 12.7. The molecule has 0 saturated heterocycles. The van der Waals surface area contributed by atoms with Crippen molar-refractivity contribution in [3.05, 3.63) is 70.7 Å². The number of urea groups is 1. The van der Waals surface area contributed by atoms with Crippen LogP contribution in [0.5, 0.6) is 0 Å². The second-order valence-electron chi connectivity index (χ2n) is 6.02. The molecule has 4 heteroatoms. The molecule has 120 valence electrons. The summed E-state index contributed by atoms with van der Waals surface area (Å²) in [5.41, 5.74) is 2.05. The minimum atomic E-state index is -0.216. The van der Waals surface area contributed by atoms with Gasteiger partial charge in [-0.2, -0.15) is 0 Å². The van der Waals surface area contributed by atoms with Gasteiger partial charge in [0.05, 0.1) is 5.54 Å². The van der Waals surface area contributed by atoms with E-state index in [-0.39, 0.29) is 11.6 Å². The van der Waals surface area contributed by atoms with Crippen molar-refractivity contribution >= 4 is 17.6 Å². The van der Waals surface area contributed by atoms with Crippen molar-refractivity contribution in [2.24, 2.45) is 0 Å². The molecule has 0 aromatic heterocycles. The van der Waals surface area contributed by atoms with Gasteiger partial charge in [-0.25, -0.2) is 4.79 Å². The molecule has 1 aliphatic carbocycles. The summed E-state index contributed by atoms with van der Waals surface area (Å²) in [5.74, 6) is 0. The highest BCUT2D eigenvalue weighted by Gasteiger charge is 2.46. The molecular formula is C19H21ClN2O. The Labute approximate surface area is 142 Å². The highest BCUT2D eigenvalue weighted by molar-refractivity contribution is 6.30. The molecule has 0 spiro atoms. The lowest BCUT2D eigenvalue weighted by Gasteiger charge is -2.26. The van der Waals surface area contributed by atoms with Gasteiger partial charge >= 0.3 is 6.03 Å². The molecule has 0 radical (unpaired) electrons. The van der Waals surface area contributed by atoms with E-state index in [2.05, 4.69) is 5.32 Å². The van der Waals surface area contributed by atoms with Gasteiger partial charge in [-0.1, -0.05) is 54.1 Å². The summed E-state index contributed by atoms with van der Waals surface area (Å²) in [6.45, 7) is 3.31. The van der Waals surface area contributed by atoms with Crippen LogP contribution in [0.4, 0.5) is 4.79 Å². The largest absolute Gasteiger partial charge is 0.328 e. The van der Waals surface area contributed by atoms with Crippen molar-refractivity contribution in [3.63, 3.8) is 0 Å². The van der Waals surface area contributed by atoms with Crippen LogP contribution in [0.1, 0.15) is 30.9 Å². The molecule has 2 aromatic carbocycles. The Kier molecular flexibility index (Phi) is 4.58. The predicted molar refractivity (Wildman–Crippen MR) is 93.4 cm³/mol. The van der Waals surface area contributed by atoms with E-state index in [0.29, 0.717) is 13.1 Å². The first-order valence-electron chi connectivity index (χ1n) is 8.00. The summed E-state index contributed by atoms with van der Waals surface area (Å²) in [4.78, 5) is 14.5. The van der Waals surface area contributed by atoms with E-state index < -0.39 is 0 Å². The standard InChI is InChI=1S/C19H21ClN2O/c1-2-22(14-15-6-4-3-5-7-15)18(23)21-19(12-13-19)16-8-10-17(20)11-9-16/h3-11H,2,12-14H2,1H3,(H,21,23). The molecular weight excluding hydrogens is 308 g/mol. The zero-order valence-corrected chi connectivity index (χ0v) is 14.0. The van der Waals surface area contributed by atoms with Crippen LogP contribution >= 0.6 is 11.6 Å². The molecule has 0 heterocycles. The van der Waals surface area contributed by atoms with Crippen LogP contribution in [0.3, 0.4) is 0 Å². The molecule has 2 amide bonds. The fourth-order valence-electron chi connectivity index (χ4n) is 2.79. The van der Waals surface area contributed by atoms with Crippen molar-refractivity contribution < 1.29 is 4.79 Å². The van der Waals surface area contributed by atoms with Gasteiger partial charge in [-0.15, -0.1) is 0 Å². The summed E-state index contributed by atoms with van der Waals surface area (Å²) in [6.07, 6.45) is 1.95. The van der Waals surface area contributed by atoms with Crippen LogP contribution in [-0.4, -0.2) is 17.5 Å². The van der Waals surface area contributed by atoms with E-state index in [4.69, 9.17) is 11.6 Å². The topological polar surface area (TPSA) is 32.3 Å². The molecule has 0 unspecified atom stereocenters. The number of rotatable bonds is 5. The first-order valence-corrected chi connectivity index (χ1v) is 8.38. The van der Waals surface area contributed by atoms with Crippen LogP contribution in [0.2, 0.25) is 5.02 Å². The Bertz CT molecular complexity index is 666. The molecule has 1 N–H and O–H groups in total. The lowest BCUT2D eigenvalue weighted by molar-refractivity contribution is 0.192. The fourth-order valence-corrected chi connectivity index (χ4v) is 2.92. The highest BCUT2D eigenvalue weighted by atomic mass is 35.5. The van der Waals surface area contributed by atoms with Gasteiger partial charge in [0.15, 0.2) is 0 Å². The number of carbonyl (C=O) groups excluding carboxylic acids is 1. The maximum Gasteiger partial charge on any atom is 0.318 e. The Hall–Kier alpha value is -2.00. The number of amides is 2. The summed E-state index contributed by atoms with van der Waals surface area (Å²) in [6, 6.07) is 17.8. The zero-order chi connectivity index (χ0) is 16.3. The van der Waals surface area contributed by atoms with E-state index in [9.17, 15) is 4.79 Å². The number of halogens is 1. The molecule has 1 fully saturated rings. The smallest absolute Gasteiger partial charge is 0.318 e. The van der Waals surface area contributed by atoms with Gasteiger partial charge in [-0.05, 0) is 43.0 Å². The van der Waals surface area contributed by atoms with Crippen LogP contribution in [0.15, 0.2) is 54.6 Å². The predicted octanol–water partition coefficient (Wildman–Crippen LogP) is 4.56. The lowest BCUT2D eigenvalue weighted by Crippen LogP contribution is -2.44. The SMILES string of the molecule is CCN(Cc1ccccc1)C(=O)NC1(c2ccc(Cl)cc2)CC1. The number of carbonyl (C=O) groups is 1. The molecule has 1 saturated carbocycles. The van der Waals surface area contributed by atoms with Crippen molar-refractivity contribution in [2.45, 2.75) is 31.8 Å². The van der Waals surface area contributed by atoms with Crippen molar-refractivity contribution in [2.75, 3.05) is 6.54 Å². The third-order valence-corrected chi connectivity index (χ3v) is 4.63. The number of hydrogen-bond donors (Lipinski definition) is 1. The number of nitrogens with zero attached hydrogens (tertiary/aromatic N) is 1. The van der Waals surface area contributed by atoms with Crippen LogP contribution in [0, 0.1) is 0 Å². The first kappa shape index (κ1) is 15.9. The number of nitrogens with one attached hydrogen (secondary N) is 1. The Morgan fingerprint density at radius 3 is 2.35 bits per heavy atom. The van der Waals surface area contributed by atoms with Gasteiger partial charge in [0.2, 0.25) is 0 Å². The summed E-state index contributed by atoms with van der Waals surface area (Å²) >= 11 is 5.96. The quantitative estimate of drug-likeness (QED) is 0.857. The molecule has 0 aliphatic heterocycles. The second kappa shape index (κ2) is 6.63. The van der Waals surface area contributed by atoms with Gasteiger partial charge in [0, 0.05) is 18.1 Å². The Morgan fingerprint density at radius 1 is 1.13 bits per heavy atom. The lowest BCUT2D eigenvalue weighted by atomic mass is 10.1. The van der Waals surface area contributed by atoms with Crippen LogP contribution in [-0.2, 0) is 12.1 Å². The summed E-state index contributed by atoms with van der Waals surface area (Å²) in [5, 5.41) is 3.94. The van der Waals surface area contributed by atoms with E-state index in [0.717, 1.165) is 29.0 Å². The van der Waals surface area contributed by atoms with Crippen molar-refractivity contribution in [1.29, 1.82) is 0 Å². The van der Waals surface area contributed by atoms with Gasteiger partial charge < -0.3 is 10.2 Å². The van der Waals surface area contributed by atoms with E-state index in [1.807, 2.05) is 66.4 Å². The third-order valence-electron chi connectivity index (χ3n) is 4.38. The molecule has 23 heavy (non-hydrogen) atoms. The molecule has 0 bridgehead atoms. The highest BCUT2D eigenvalue weighted by Crippen LogP contribution is 2.45. The molecule has 0 atom stereocenters. The Morgan fingerprint density at radius 2 is 1.78 bits per heavy atom. The van der Waals surface area contributed by atoms with Crippen molar-refractivity contribution in [1.82, 2.24) is 10.2 Å². The zero-order valence-electron chi connectivity index (χ0n) is 13.3. The van der Waals surface area contributed by atoms with E-state index in [1.54, 1.807) is 0 Å². The minimum absolute atomic E-state index is 0.0104. The molecule has 1 aliphatic rings. The average molecular weight is 329 g/mol. The third kappa shape index (κ3) is 3.67. The molecule has 3 rings (SSSR count). The molecule has 3 nitrogen and oxygen atoms in total. The second-order valence-corrected chi connectivity index (χ2v) is 6.46. The van der Waals surface area contributed by atoms with Gasteiger partial charge in [0.1, 0.15) is 0 Å². The minimum Gasteiger partial charge on any atom is -0.328 e. The van der Waals surface area contributed by atoms with E-state index in [1.165, 1.54) is 0 Å². The maximum atomic E-state index is 12.7. The van der Waals surface area contributed by atoms with Crippen molar-refractivity contribution in [3.8, 4) is 0 Å². The van der Waals surface area contributed by atoms with Crippen LogP contribution < -0.4 is 5.32 Å². The van der Waals surface area contributed by atoms with Crippen LogP contribution in [0.25, 0.3) is 0 Å². The number of hydrogen-bond acceptors (Lipinski definition) is 1. The monoisotopic (exact) mass is 328 g/mol. The fraction of sp³-hybridized carbons (Fsp3) is 0.316. The normalized spacial score (nSPS) is 15.0. The number of benzene rings is 2. The van der Waals surface area contributed by atoms with Gasteiger partial charge in [0.25, 0.3) is 0 Å². The van der Waals surface area contributed by atoms with Gasteiger partial charge in [-0.3, -0.25) is 0 Å². The average Bonchev–Trinajstić information content (AvgIpc) is 3.34. The first-order chi connectivity index (χ1) is 11.1. The summed E-state index contributed by atoms with van der Waals surface area (Å²) in [7, 11) is 0. The molecule has 2 aromatic rings.